The van der Waals surface area contributed by atoms with E-state index in [0.29, 0.717) is 0 Å². The zero-order chi connectivity index (χ0) is 13.9. The molecule has 0 atom stereocenters. The van der Waals surface area contributed by atoms with Gasteiger partial charge in [0.2, 0.25) is 0 Å². The molecule has 1 heterocycles. The smallest absolute Gasteiger partial charge is 0.141 e. The summed E-state index contributed by atoms with van der Waals surface area (Å²) >= 11 is 1.68. The minimum Gasteiger partial charge on any atom is -0.205 e. The summed E-state index contributed by atoms with van der Waals surface area (Å²) in [6.07, 6.45) is 0. The van der Waals surface area contributed by atoms with Crippen molar-refractivity contribution in [3.63, 3.8) is 0 Å². The first kappa shape index (κ1) is 14.5. The van der Waals surface area contributed by atoms with Crippen LogP contribution in [0.3, 0.4) is 0 Å². The largest absolute Gasteiger partial charge is 0.205 e. The lowest BCUT2D eigenvalue weighted by molar-refractivity contribution is 0.637. The molecule has 0 radical (unpaired) electrons. The van der Waals surface area contributed by atoms with E-state index in [9.17, 15) is 4.39 Å². The van der Waals surface area contributed by atoms with Crippen molar-refractivity contribution < 1.29 is 4.39 Å². The Morgan fingerprint density at radius 3 is 2.11 bits per heavy atom. The number of thiophene rings is 1. The molecular formula is C16H21FSSi. The summed E-state index contributed by atoms with van der Waals surface area (Å²) < 4.78 is 15.6. The third-order valence-electron chi connectivity index (χ3n) is 4.28. The summed E-state index contributed by atoms with van der Waals surface area (Å²) in [5, 5.41) is 0. The average Bonchev–Trinajstić information content (AvgIpc) is 2.85. The number of hydrogen-bond donors (Lipinski definition) is 0. The van der Waals surface area contributed by atoms with Crippen LogP contribution >= 0.6 is 11.3 Å². The fraction of sp³-hybridized carbons (Fsp3) is 0.375. The van der Waals surface area contributed by atoms with Crippen LogP contribution < -0.4 is 4.50 Å². The molecule has 0 amide bonds. The monoisotopic (exact) mass is 292 g/mol. The van der Waals surface area contributed by atoms with Crippen LogP contribution in [0.2, 0.25) is 18.1 Å². The number of halogens is 1. The van der Waals surface area contributed by atoms with Gasteiger partial charge >= 0.3 is 0 Å². The molecule has 1 aromatic heterocycles. The Bertz CT molecular complexity index is 521. The van der Waals surface area contributed by atoms with Crippen LogP contribution in [-0.4, -0.2) is 8.07 Å². The fourth-order valence-corrected chi connectivity index (χ4v) is 8.93. The molecule has 0 N–H and O–H groups in total. The lowest BCUT2D eigenvalue weighted by Gasteiger charge is -2.26. The van der Waals surface area contributed by atoms with Gasteiger partial charge in [-0.25, -0.2) is 4.39 Å². The van der Waals surface area contributed by atoms with Gasteiger partial charge < -0.3 is 0 Å². The Labute approximate surface area is 120 Å². The van der Waals surface area contributed by atoms with Crippen molar-refractivity contribution >= 4 is 23.9 Å². The van der Waals surface area contributed by atoms with Gasteiger partial charge in [0, 0.05) is 0 Å². The third-order valence-corrected chi connectivity index (χ3v) is 12.1. The molecule has 1 aromatic carbocycles. The Morgan fingerprint density at radius 1 is 1.00 bits per heavy atom. The Morgan fingerprint density at radius 2 is 1.58 bits per heavy atom. The van der Waals surface area contributed by atoms with Crippen molar-refractivity contribution in [3.05, 3.63) is 42.2 Å². The van der Waals surface area contributed by atoms with E-state index in [2.05, 4.69) is 20.8 Å². The summed E-state index contributed by atoms with van der Waals surface area (Å²) in [6, 6.07) is 15.3. The van der Waals surface area contributed by atoms with Crippen LogP contribution in [0.1, 0.15) is 20.8 Å². The van der Waals surface area contributed by atoms with Crippen LogP contribution in [0.25, 0.3) is 10.4 Å². The summed E-state index contributed by atoms with van der Waals surface area (Å²) in [5.41, 5.74) is 1.00. The molecule has 0 saturated heterocycles. The minimum atomic E-state index is -1.46. The number of benzene rings is 1. The predicted octanol–water partition coefficient (Wildman–Crippen LogP) is 5.27. The maximum atomic E-state index is 14.3. The van der Waals surface area contributed by atoms with Crippen molar-refractivity contribution in [2.45, 2.75) is 38.9 Å². The first-order valence-electron chi connectivity index (χ1n) is 7.02. The van der Waals surface area contributed by atoms with Gasteiger partial charge in [0.15, 0.2) is 0 Å². The van der Waals surface area contributed by atoms with Gasteiger partial charge in [-0.15, -0.1) is 11.3 Å². The standard InChI is InChI=1S/C16H21FSSi/c1-4-19(5-2,6-3)15-12-14(17)16(18-15)13-10-8-7-9-11-13/h7-12H,4-6H2,1-3H3. The highest BCUT2D eigenvalue weighted by atomic mass is 32.1. The van der Waals surface area contributed by atoms with E-state index in [1.54, 1.807) is 11.3 Å². The molecule has 0 aliphatic heterocycles. The van der Waals surface area contributed by atoms with Crippen LogP contribution in [0.15, 0.2) is 36.4 Å². The van der Waals surface area contributed by atoms with Crippen LogP contribution in [0.5, 0.6) is 0 Å². The molecule has 102 valence electrons. The third kappa shape index (κ3) is 2.67. The second-order valence-corrected chi connectivity index (χ2v) is 11.6. The SMILES string of the molecule is CC[Si](CC)(CC)c1cc(F)c(-c2ccccc2)s1. The van der Waals surface area contributed by atoms with E-state index < -0.39 is 8.07 Å². The molecule has 0 fully saturated rings. The highest BCUT2D eigenvalue weighted by Crippen LogP contribution is 2.31. The number of rotatable bonds is 5. The molecular weight excluding hydrogens is 271 g/mol. The van der Waals surface area contributed by atoms with Gasteiger partial charge in [-0.3, -0.25) is 0 Å². The topological polar surface area (TPSA) is 0 Å². The Hall–Kier alpha value is -0.933. The molecule has 0 unspecified atom stereocenters. The molecule has 0 nitrogen and oxygen atoms in total. The van der Waals surface area contributed by atoms with Gasteiger partial charge in [0.1, 0.15) is 5.82 Å². The van der Waals surface area contributed by atoms with Crippen molar-refractivity contribution in [2.24, 2.45) is 0 Å². The highest BCUT2D eigenvalue weighted by molar-refractivity contribution is 7.29. The minimum absolute atomic E-state index is 0.0431. The summed E-state index contributed by atoms with van der Waals surface area (Å²) in [4.78, 5) is 0.808. The van der Waals surface area contributed by atoms with Crippen molar-refractivity contribution in [1.29, 1.82) is 0 Å². The zero-order valence-electron chi connectivity index (χ0n) is 11.9. The van der Waals surface area contributed by atoms with E-state index in [1.165, 1.54) is 22.6 Å². The maximum absolute atomic E-state index is 14.3. The van der Waals surface area contributed by atoms with E-state index in [0.717, 1.165) is 10.4 Å². The van der Waals surface area contributed by atoms with E-state index >= 15 is 0 Å². The first-order valence-corrected chi connectivity index (χ1v) is 10.5. The van der Waals surface area contributed by atoms with Crippen LogP contribution in [0, 0.1) is 5.82 Å². The van der Waals surface area contributed by atoms with Gasteiger partial charge in [-0.1, -0.05) is 69.2 Å². The Balaban J connectivity index is 2.47. The molecule has 0 spiro atoms. The molecule has 0 aliphatic rings. The van der Waals surface area contributed by atoms with Crippen molar-refractivity contribution in [1.82, 2.24) is 0 Å². The van der Waals surface area contributed by atoms with Crippen molar-refractivity contribution in [3.8, 4) is 10.4 Å². The molecule has 19 heavy (non-hydrogen) atoms. The predicted molar refractivity (Wildman–Crippen MR) is 86.5 cm³/mol. The van der Waals surface area contributed by atoms with E-state index in [-0.39, 0.29) is 5.82 Å². The quantitative estimate of drug-likeness (QED) is 0.659. The average molecular weight is 292 g/mol. The molecule has 3 heteroatoms. The van der Waals surface area contributed by atoms with Crippen LogP contribution in [-0.2, 0) is 0 Å². The molecule has 2 aromatic rings. The van der Waals surface area contributed by atoms with Gasteiger partial charge in [-0.2, -0.15) is 0 Å². The number of hydrogen-bond acceptors (Lipinski definition) is 1. The maximum Gasteiger partial charge on any atom is 0.141 e. The Kier molecular flexibility index (Phi) is 4.58. The molecule has 0 saturated carbocycles. The molecule has 0 bridgehead atoms. The van der Waals surface area contributed by atoms with Crippen molar-refractivity contribution in [2.75, 3.05) is 0 Å². The summed E-state index contributed by atoms with van der Waals surface area (Å²) in [7, 11) is -1.46. The summed E-state index contributed by atoms with van der Waals surface area (Å²) in [6.45, 7) is 6.79. The van der Waals surface area contributed by atoms with Crippen LogP contribution in [0.4, 0.5) is 4.39 Å². The summed E-state index contributed by atoms with van der Waals surface area (Å²) in [5.74, 6) is -0.0431. The first-order chi connectivity index (χ1) is 9.16. The normalized spacial score (nSPS) is 11.8. The second-order valence-electron chi connectivity index (χ2n) is 4.99. The van der Waals surface area contributed by atoms with Gasteiger partial charge in [0.25, 0.3) is 0 Å². The molecule has 2 rings (SSSR count). The highest BCUT2D eigenvalue weighted by Gasteiger charge is 2.32. The lowest BCUT2D eigenvalue weighted by atomic mass is 10.2. The fourth-order valence-electron chi connectivity index (χ4n) is 2.69. The van der Waals surface area contributed by atoms with Gasteiger partial charge in [0.05, 0.1) is 13.0 Å². The molecule has 0 aliphatic carbocycles. The lowest BCUT2D eigenvalue weighted by Crippen LogP contribution is -2.43. The second kappa shape index (κ2) is 6.01. The van der Waals surface area contributed by atoms with E-state index in [1.807, 2.05) is 36.4 Å². The van der Waals surface area contributed by atoms with E-state index in [4.69, 9.17) is 0 Å². The zero-order valence-corrected chi connectivity index (χ0v) is 13.7. The van der Waals surface area contributed by atoms with Gasteiger partial charge in [-0.05, 0) is 16.1 Å².